The van der Waals surface area contributed by atoms with Gasteiger partial charge < -0.3 is 0 Å². The van der Waals surface area contributed by atoms with E-state index in [2.05, 4.69) is 69.3 Å². The summed E-state index contributed by atoms with van der Waals surface area (Å²) >= 11 is 1.80. The third-order valence-electron chi connectivity index (χ3n) is 6.27. The second kappa shape index (κ2) is 7.90. The number of aromatic nitrogens is 1. The first-order valence-electron chi connectivity index (χ1n) is 10.7. The van der Waals surface area contributed by atoms with Crippen LogP contribution in [-0.2, 0) is 0 Å². The van der Waals surface area contributed by atoms with Crippen LogP contribution in [0.2, 0.25) is 0 Å². The molecule has 1 atom stereocenters. The van der Waals surface area contributed by atoms with Crippen molar-refractivity contribution in [3.8, 4) is 22.4 Å². The number of hydrogen-bond donors (Lipinski definition) is 0. The highest BCUT2D eigenvalue weighted by Gasteiger charge is 2.16. The Balaban J connectivity index is 1.72. The Morgan fingerprint density at radius 2 is 1.42 bits per heavy atom. The number of fused-ring (bicyclic) bond motifs is 3. The number of halogens is 1. The molecule has 1 unspecified atom stereocenters. The average molecular weight is 426 g/mol. The monoisotopic (exact) mass is 425 g/mol. The maximum absolute atomic E-state index is 13.5. The van der Waals surface area contributed by atoms with Crippen LogP contribution in [0, 0.1) is 11.7 Å². The summed E-state index contributed by atoms with van der Waals surface area (Å²) in [6.45, 7) is 6.79. The lowest BCUT2D eigenvalue weighted by Gasteiger charge is -2.16. The van der Waals surface area contributed by atoms with Crippen molar-refractivity contribution in [2.24, 2.45) is 5.92 Å². The second-order valence-electron chi connectivity index (χ2n) is 8.48. The van der Waals surface area contributed by atoms with Crippen molar-refractivity contribution in [2.75, 3.05) is 0 Å². The average Bonchev–Trinajstić information content (AvgIpc) is 3.18. The van der Waals surface area contributed by atoms with Gasteiger partial charge in [-0.15, -0.1) is 11.3 Å². The Hall–Kier alpha value is -3.04. The second-order valence-corrected chi connectivity index (χ2v) is 9.50. The van der Waals surface area contributed by atoms with Gasteiger partial charge in [-0.3, -0.25) is 4.98 Å². The molecular formula is C28H24FNS. The van der Waals surface area contributed by atoms with Gasteiger partial charge in [0.2, 0.25) is 0 Å². The molecule has 0 N–H and O–H groups in total. The van der Waals surface area contributed by atoms with E-state index in [4.69, 9.17) is 4.98 Å². The van der Waals surface area contributed by atoms with Gasteiger partial charge >= 0.3 is 0 Å². The fraction of sp³-hybridized carbons (Fsp3) is 0.179. The normalized spacial score (nSPS) is 12.7. The summed E-state index contributed by atoms with van der Waals surface area (Å²) in [4.78, 5) is 4.73. The summed E-state index contributed by atoms with van der Waals surface area (Å²) in [6, 6.07) is 24.0. The van der Waals surface area contributed by atoms with Gasteiger partial charge in [-0.25, -0.2) is 4.39 Å². The van der Waals surface area contributed by atoms with Crippen LogP contribution in [-0.4, -0.2) is 4.98 Å². The van der Waals surface area contributed by atoms with Crippen LogP contribution in [0.1, 0.15) is 32.3 Å². The maximum atomic E-state index is 13.5. The summed E-state index contributed by atoms with van der Waals surface area (Å²) in [5.41, 5.74) is 5.68. The molecule has 5 rings (SSSR count). The Morgan fingerprint density at radius 3 is 2.10 bits per heavy atom. The summed E-state index contributed by atoms with van der Waals surface area (Å²) < 4.78 is 15.9. The molecule has 0 radical (unpaired) electrons. The first kappa shape index (κ1) is 19.9. The van der Waals surface area contributed by atoms with Crippen molar-refractivity contribution in [1.82, 2.24) is 4.98 Å². The van der Waals surface area contributed by atoms with E-state index in [1.165, 1.54) is 43.4 Å². The molecular weight excluding hydrogens is 401 g/mol. The molecule has 0 fully saturated rings. The third-order valence-corrected chi connectivity index (χ3v) is 7.55. The zero-order valence-corrected chi connectivity index (χ0v) is 18.7. The van der Waals surface area contributed by atoms with E-state index >= 15 is 0 Å². The van der Waals surface area contributed by atoms with E-state index in [1.807, 2.05) is 18.3 Å². The first-order chi connectivity index (χ1) is 15.0. The van der Waals surface area contributed by atoms with Gasteiger partial charge in [-0.1, -0.05) is 69.3 Å². The minimum Gasteiger partial charge on any atom is -0.256 e. The SMILES string of the molecule is CC(C)C(C)c1ccnc(-c2cccc3c2sc2c(-c4ccc(F)cc4)cccc23)c1. The fourth-order valence-electron chi connectivity index (χ4n) is 4.14. The molecule has 0 aliphatic heterocycles. The highest BCUT2D eigenvalue weighted by atomic mass is 32.1. The van der Waals surface area contributed by atoms with Crippen molar-refractivity contribution >= 4 is 31.5 Å². The Labute approximate surface area is 186 Å². The van der Waals surface area contributed by atoms with E-state index in [0.717, 1.165) is 16.8 Å². The van der Waals surface area contributed by atoms with Gasteiger partial charge in [0.25, 0.3) is 0 Å². The molecule has 0 saturated carbocycles. The van der Waals surface area contributed by atoms with Crippen molar-refractivity contribution in [2.45, 2.75) is 26.7 Å². The summed E-state index contributed by atoms with van der Waals surface area (Å²) in [5, 5.41) is 2.47. The number of nitrogens with zero attached hydrogens (tertiary/aromatic N) is 1. The van der Waals surface area contributed by atoms with E-state index < -0.39 is 0 Å². The molecule has 0 amide bonds. The topological polar surface area (TPSA) is 12.9 Å². The molecule has 0 aliphatic rings. The highest BCUT2D eigenvalue weighted by Crippen LogP contribution is 2.43. The molecule has 3 heteroatoms. The quantitative estimate of drug-likeness (QED) is 0.281. The third kappa shape index (κ3) is 3.53. The number of rotatable bonds is 4. The van der Waals surface area contributed by atoms with Crippen LogP contribution in [0.5, 0.6) is 0 Å². The van der Waals surface area contributed by atoms with Crippen LogP contribution >= 0.6 is 11.3 Å². The number of benzene rings is 3. The predicted octanol–water partition coefficient (Wildman–Crippen LogP) is 8.68. The standard InChI is InChI=1S/C28H24FNS/c1-17(2)18(3)20-14-15-30-26(16-20)25-9-5-8-24-23-7-4-6-22(27(23)31-28(24)25)19-10-12-21(29)13-11-19/h4-18H,1-3H3. The number of hydrogen-bond acceptors (Lipinski definition) is 2. The van der Waals surface area contributed by atoms with Crippen molar-refractivity contribution in [3.63, 3.8) is 0 Å². The van der Waals surface area contributed by atoms with Gasteiger partial charge in [-0.05, 0) is 52.8 Å². The highest BCUT2D eigenvalue weighted by molar-refractivity contribution is 7.26. The van der Waals surface area contributed by atoms with E-state index in [0.29, 0.717) is 11.8 Å². The molecule has 0 saturated heterocycles. The fourth-order valence-corrected chi connectivity index (χ4v) is 5.50. The molecule has 5 aromatic rings. The summed E-state index contributed by atoms with van der Waals surface area (Å²) in [7, 11) is 0. The first-order valence-corrected chi connectivity index (χ1v) is 11.5. The molecule has 154 valence electrons. The van der Waals surface area contributed by atoms with Gasteiger partial charge in [-0.2, -0.15) is 0 Å². The lowest BCUT2D eigenvalue weighted by molar-refractivity contribution is 0.535. The molecule has 1 nitrogen and oxygen atoms in total. The maximum Gasteiger partial charge on any atom is 0.123 e. The molecule has 0 aliphatic carbocycles. The van der Waals surface area contributed by atoms with E-state index in [-0.39, 0.29) is 5.82 Å². The van der Waals surface area contributed by atoms with Gasteiger partial charge in [0.1, 0.15) is 5.82 Å². The number of thiophene rings is 1. The smallest absolute Gasteiger partial charge is 0.123 e. The van der Waals surface area contributed by atoms with E-state index in [9.17, 15) is 4.39 Å². The molecule has 0 spiro atoms. The van der Waals surface area contributed by atoms with E-state index in [1.54, 1.807) is 11.3 Å². The zero-order valence-electron chi connectivity index (χ0n) is 17.9. The van der Waals surface area contributed by atoms with Crippen molar-refractivity contribution in [1.29, 1.82) is 0 Å². The van der Waals surface area contributed by atoms with Crippen molar-refractivity contribution in [3.05, 3.63) is 90.4 Å². The van der Waals surface area contributed by atoms with Crippen molar-refractivity contribution < 1.29 is 4.39 Å². The van der Waals surface area contributed by atoms with Crippen LogP contribution in [0.4, 0.5) is 4.39 Å². The van der Waals surface area contributed by atoms with Crippen LogP contribution < -0.4 is 0 Å². The van der Waals surface area contributed by atoms with Gasteiger partial charge in [0.15, 0.2) is 0 Å². The number of pyridine rings is 1. The zero-order chi connectivity index (χ0) is 21.5. The lowest BCUT2D eigenvalue weighted by Crippen LogP contribution is -2.02. The van der Waals surface area contributed by atoms with Crippen LogP contribution in [0.3, 0.4) is 0 Å². The van der Waals surface area contributed by atoms with Crippen LogP contribution in [0.25, 0.3) is 42.6 Å². The Morgan fingerprint density at radius 1 is 0.774 bits per heavy atom. The Kier molecular flexibility index (Phi) is 5.07. The molecule has 2 aromatic heterocycles. The minimum absolute atomic E-state index is 0.212. The molecule has 0 bridgehead atoms. The van der Waals surface area contributed by atoms with Crippen LogP contribution in [0.15, 0.2) is 79.0 Å². The summed E-state index contributed by atoms with van der Waals surface area (Å²) in [6.07, 6.45) is 1.93. The Bertz CT molecular complexity index is 1380. The molecule has 2 heterocycles. The predicted molar refractivity (Wildman–Crippen MR) is 131 cm³/mol. The minimum atomic E-state index is -0.212. The van der Waals surface area contributed by atoms with Gasteiger partial charge in [0, 0.05) is 31.9 Å². The summed E-state index contributed by atoms with van der Waals surface area (Å²) in [5.74, 6) is 0.846. The molecule has 3 aromatic carbocycles. The lowest BCUT2D eigenvalue weighted by atomic mass is 9.90. The molecule has 31 heavy (non-hydrogen) atoms. The largest absolute Gasteiger partial charge is 0.256 e. The van der Waals surface area contributed by atoms with Gasteiger partial charge in [0.05, 0.1) is 5.69 Å².